The van der Waals surface area contributed by atoms with Crippen LogP contribution in [0, 0.1) is 0 Å². The lowest BCUT2D eigenvalue weighted by Gasteiger charge is -2.13. The zero-order valence-corrected chi connectivity index (χ0v) is 13.9. The molecule has 0 saturated heterocycles. The summed E-state index contributed by atoms with van der Waals surface area (Å²) in [5.41, 5.74) is 0.435. The molecule has 0 aliphatic rings. The van der Waals surface area contributed by atoms with Crippen LogP contribution in [0.1, 0.15) is 36.8 Å². The number of nitrogens with one attached hydrogen (secondary N) is 1. The van der Waals surface area contributed by atoms with Crippen LogP contribution >= 0.6 is 22.7 Å². The van der Waals surface area contributed by atoms with E-state index < -0.39 is 0 Å². The molecule has 3 aromatic rings. The van der Waals surface area contributed by atoms with Crippen LogP contribution in [0.2, 0.25) is 0 Å². The second kappa shape index (κ2) is 6.41. The molecule has 0 radical (unpaired) electrons. The maximum Gasteiger partial charge on any atom is 0.276 e. The normalized spacial score (nSPS) is 12.3. The van der Waals surface area contributed by atoms with E-state index >= 15 is 0 Å². The van der Waals surface area contributed by atoms with Crippen molar-refractivity contribution in [1.82, 2.24) is 14.8 Å². The number of thiophene rings is 1. The van der Waals surface area contributed by atoms with Gasteiger partial charge in [0.1, 0.15) is 16.5 Å². The predicted octanol–water partition coefficient (Wildman–Crippen LogP) is 4.29. The molecule has 1 unspecified atom stereocenters. The predicted molar refractivity (Wildman–Crippen MR) is 90.6 cm³/mol. The van der Waals surface area contributed by atoms with Crippen LogP contribution in [0.5, 0.6) is 0 Å². The minimum atomic E-state index is -0.205. The van der Waals surface area contributed by atoms with Crippen molar-refractivity contribution in [2.45, 2.75) is 26.3 Å². The van der Waals surface area contributed by atoms with E-state index in [0.29, 0.717) is 11.5 Å². The second-order valence-corrected chi connectivity index (χ2v) is 6.69. The van der Waals surface area contributed by atoms with Gasteiger partial charge in [-0.05, 0) is 24.8 Å². The van der Waals surface area contributed by atoms with Crippen LogP contribution in [0.15, 0.2) is 35.2 Å². The van der Waals surface area contributed by atoms with Gasteiger partial charge in [0.2, 0.25) is 0 Å². The number of amides is 1. The number of nitrogens with zero attached hydrogens (tertiary/aromatic N) is 3. The van der Waals surface area contributed by atoms with E-state index in [1.807, 2.05) is 22.2 Å². The Hall–Kier alpha value is -1.99. The van der Waals surface area contributed by atoms with Gasteiger partial charge in [0.25, 0.3) is 5.91 Å². The fourth-order valence-corrected chi connectivity index (χ4v) is 3.62. The molecule has 0 fully saturated rings. The van der Waals surface area contributed by atoms with Gasteiger partial charge >= 0.3 is 0 Å². The molecule has 114 valence electrons. The van der Waals surface area contributed by atoms with Gasteiger partial charge in [-0.3, -0.25) is 4.79 Å². The number of hydrogen-bond donors (Lipinski definition) is 1. The number of thiazole rings is 1. The summed E-state index contributed by atoms with van der Waals surface area (Å²) in [5.74, 6) is 0.495. The SMILES string of the molecule is CCC(C)n1nccc1NC(=O)c1csc(-c2cccs2)n1. The highest BCUT2D eigenvalue weighted by Crippen LogP contribution is 2.28. The van der Waals surface area contributed by atoms with E-state index in [1.54, 1.807) is 29.0 Å². The van der Waals surface area contributed by atoms with Crippen molar-refractivity contribution in [3.05, 3.63) is 40.8 Å². The molecule has 0 spiro atoms. The summed E-state index contributed by atoms with van der Waals surface area (Å²) in [6.45, 7) is 4.16. The largest absolute Gasteiger partial charge is 0.305 e. The summed E-state index contributed by atoms with van der Waals surface area (Å²) in [4.78, 5) is 17.8. The number of hydrogen-bond acceptors (Lipinski definition) is 5. The van der Waals surface area contributed by atoms with Crippen LogP contribution in [0.3, 0.4) is 0 Å². The van der Waals surface area contributed by atoms with E-state index in [1.165, 1.54) is 11.3 Å². The zero-order chi connectivity index (χ0) is 15.5. The standard InChI is InChI=1S/C15H16N4OS2/c1-3-10(2)19-13(6-7-16-19)18-14(20)11-9-22-15(17-11)12-5-4-8-21-12/h4-10H,3H2,1-2H3,(H,18,20). The van der Waals surface area contributed by atoms with E-state index in [2.05, 4.69) is 29.2 Å². The average Bonchev–Trinajstić information content (AvgIpc) is 3.25. The first-order chi connectivity index (χ1) is 10.7. The molecule has 22 heavy (non-hydrogen) atoms. The van der Waals surface area contributed by atoms with Gasteiger partial charge in [0.15, 0.2) is 0 Å². The monoisotopic (exact) mass is 332 g/mol. The van der Waals surface area contributed by atoms with Gasteiger partial charge in [0, 0.05) is 11.4 Å². The lowest BCUT2D eigenvalue weighted by atomic mass is 10.3. The molecule has 1 atom stereocenters. The molecular weight excluding hydrogens is 316 g/mol. The highest BCUT2D eigenvalue weighted by molar-refractivity contribution is 7.20. The topological polar surface area (TPSA) is 59.8 Å². The number of aromatic nitrogens is 3. The first kappa shape index (κ1) is 14.9. The van der Waals surface area contributed by atoms with Crippen molar-refractivity contribution in [2.75, 3.05) is 5.32 Å². The second-order valence-electron chi connectivity index (χ2n) is 4.89. The third-order valence-electron chi connectivity index (χ3n) is 3.39. The van der Waals surface area contributed by atoms with E-state index in [9.17, 15) is 4.79 Å². The number of rotatable bonds is 5. The van der Waals surface area contributed by atoms with Crippen LogP contribution < -0.4 is 5.32 Å². The van der Waals surface area contributed by atoms with Crippen LogP contribution in [0.25, 0.3) is 9.88 Å². The molecule has 1 amide bonds. The molecule has 3 rings (SSSR count). The summed E-state index contributed by atoms with van der Waals surface area (Å²) < 4.78 is 1.82. The summed E-state index contributed by atoms with van der Waals surface area (Å²) in [7, 11) is 0. The Labute approximate surface area is 136 Å². The maximum absolute atomic E-state index is 12.4. The highest BCUT2D eigenvalue weighted by Gasteiger charge is 2.15. The van der Waals surface area contributed by atoms with Crippen LogP contribution in [-0.4, -0.2) is 20.7 Å². The van der Waals surface area contributed by atoms with Crippen molar-refractivity contribution >= 4 is 34.4 Å². The molecule has 7 heteroatoms. The van der Waals surface area contributed by atoms with E-state index in [4.69, 9.17) is 0 Å². The van der Waals surface area contributed by atoms with Gasteiger partial charge in [-0.25, -0.2) is 9.67 Å². The molecule has 3 heterocycles. The Bertz CT molecular complexity index is 760. The summed E-state index contributed by atoms with van der Waals surface area (Å²) in [5, 5.41) is 11.8. The number of anilines is 1. The third-order valence-corrected chi connectivity index (χ3v) is 5.27. The van der Waals surface area contributed by atoms with Gasteiger partial charge in [-0.15, -0.1) is 22.7 Å². The smallest absolute Gasteiger partial charge is 0.276 e. The van der Waals surface area contributed by atoms with Gasteiger partial charge in [-0.1, -0.05) is 13.0 Å². The highest BCUT2D eigenvalue weighted by atomic mass is 32.1. The van der Waals surface area contributed by atoms with E-state index in [-0.39, 0.29) is 11.9 Å². The fraction of sp³-hybridized carbons (Fsp3) is 0.267. The minimum Gasteiger partial charge on any atom is -0.305 e. The van der Waals surface area contributed by atoms with Crippen molar-refractivity contribution < 1.29 is 4.79 Å². The van der Waals surface area contributed by atoms with Crippen molar-refractivity contribution in [3.8, 4) is 9.88 Å². The molecular formula is C15H16N4OS2. The van der Waals surface area contributed by atoms with Gasteiger partial charge in [-0.2, -0.15) is 5.10 Å². The number of carbonyl (C=O) groups excluding carboxylic acids is 1. The van der Waals surface area contributed by atoms with Crippen LogP contribution in [0.4, 0.5) is 5.82 Å². The molecule has 5 nitrogen and oxygen atoms in total. The average molecular weight is 332 g/mol. The summed E-state index contributed by atoms with van der Waals surface area (Å²) >= 11 is 3.10. The maximum atomic E-state index is 12.4. The molecule has 3 aromatic heterocycles. The minimum absolute atomic E-state index is 0.205. The fourth-order valence-electron chi connectivity index (χ4n) is 2.01. The summed E-state index contributed by atoms with van der Waals surface area (Å²) in [6.07, 6.45) is 2.64. The zero-order valence-electron chi connectivity index (χ0n) is 12.3. The Kier molecular flexibility index (Phi) is 4.35. The lowest BCUT2D eigenvalue weighted by Crippen LogP contribution is -2.17. The van der Waals surface area contributed by atoms with Crippen molar-refractivity contribution in [2.24, 2.45) is 0 Å². The molecule has 0 aliphatic carbocycles. The summed E-state index contributed by atoms with van der Waals surface area (Å²) in [6, 6.07) is 6.02. The molecule has 0 saturated carbocycles. The van der Waals surface area contributed by atoms with E-state index in [0.717, 1.165) is 16.3 Å². The van der Waals surface area contributed by atoms with Crippen LogP contribution in [-0.2, 0) is 0 Å². The quantitative estimate of drug-likeness (QED) is 0.758. The Morgan fingerprint density at radius 2 is 2.27 bits per heavy atom. The van der Waals surface area contributed by atoms with Crippen molar-refractivity contribution in [1.29, 1.82) is 0 Å². The molecule has 0 bridgehead atoms. The lowest BCUT2D eigenvalue weighted by molar-refractivity contribution is 0.102. The molecule has 0 aromatic carbocycles. The van der Waals surface area contributed by atoms with Crippen molar-refractivity contribution in [3.63, 3.8) is 0 Å². The Morgan fingerprint density at radius 3 is 3.00 bits per heavy atom. The first-order valence-electron chi connectivity index (χ1n) is 7.03. The molecule has 1 N–H and O–H groups in total. The molecule has 0 aliphatic heterocycles. The Balaban J connectivity index is 1.77. The first-order valence-corrected chi connectivity index (χ1v) is 8.79. The third kappa shape index (κ3) is 2.95. The number of carbonyl (C=O) groups is 1. The Morgan fingerprint density at radius 1 is 1.41 bits per heavy atom. The van der Waals surface area contributed by atoms with Gasteiger partial charge < -0.3 is 5.32 Å². The van der Waals surface area contributed by atoms with Gasteiger partial charge in [0.05, 0.1) is 17.1 Å².